The van der Waals surface area contributed by atoms with Crippen molar-refractivity contribution in [2.45, 2.75) is 6.18 Å². The van der Waals surface area contributed by atoms with E-state index < -0.39 is 28.3 Å². The van der Waals surface area contributed by atoms with Gasteiger partial charge in [0, 0.05) is 5.69 Å². The Kier molecular flexibility index (Phi) is 4.55. The van der Waals surface area contributed by atoms with E-state index in [9.17, 15) is 28.1 Å². The average Bonchev–Trinajstić information content (AvgIpc) is 2.46. The fraction of sp³-hybridized carbons (Fsp3) is 0.0714. The third-order valence-electron chi connectivity index (χ3n) is 2.88. The van der Waals surface area contributed by atoms with E-state index in [0.717, 1.165) is 24.3 Å². The van der Waals surface area contributed by atoms with Crippen molar-refractivity contribution < 1.29 is 22.9 Å². The summed E-state index contributed by atoms with van der Waals surface area (Å²) < 4.78 is 37.4. The van der Waals surface area contributed by atoms with Gasteiger partial charge in [0.25, 0.3) is 5.91 Å². The first-order valence-corrected chi connectivity index (χ1v) is 6.49. The number of nitrogens with one attached hydrogen (secondary N) is 1. The number of para-hydroxylation sites is 1. The molecule has 5 nitrogen and oxygen atoms in total. The maximum Gasteiger partial charge on any atom is 0.416 e. The monoisotopic (exact) mass is 344 g/mol. The maximum absolute atomic E-state index is 12.5. The second kappa shape index (κ2) is 6.25. The van der Waals surface area contributed by atoms with Crippen LogP contribution >= 0.6 is 11.6 Å². The SMILES string of the molecule is O=C(Nc1ccc(C(F)(F)F)cc1)c1cccc(Cl)c1[N+](=O)[O-]. The molecule has 1 N–H and O–H groups in total. The van der Waals surface area contributed by atoms with Crippen molar-refractivity contribution in [3.8, 4) is 0 Å². The molecule has 0 radical (unpaired) electrons. The molecule has 0 spiro atoms. The van der Waals surface area contributed by atoms with Gasteiger partial charge in [0.2, 0.25) is 0 Å². The van der Waals surface area contributed by atoms with Gasteiger partial charge in [-0.3, -0.25) is 14.9 Å². The Morgan fingerprint density at radius 2 is 1.74 bits per heavy atom. The highest BCUT2D eigenvalue weighted by atomic mass is 35.5. The number of amides is 1. The molecular formula is C14H8ClF3N2O3. The first-order valence-electron chi connectivity index (χ1n) is 6.11. The smallest absolute Gasteiger partial charge is 0.322 e. The molecule has 0 aliphatic heterocycles. The Morgan fingerprint density at radius 1 is 1.13 bits per heavy atom. The van der Waals surface area contributed by atoms with Gasteiger partial charge < -0.3 is 5.32 Å². The molecule has 2 rings (SSSR count). The molecule has 2 aromatic carbocycles. The van der Waals surface area contributed by atoms with E-state index >= 15 is 0 Å². The molecule has 0 unspecified atom stereocenters. The Labute approximate surface area is 132 Å². The number of nitrogens with zero attached hydrogens (tertiary/aromatic N) is 1. The number of carbonyl (C=O) groups excluding carboxylic acids is 1. The largest absolute Gasteiger partial charge is 0.416 e. The van der Waals surface area contributed by atoms with Crippen LogP contribution in [0.25, 0.3) is 0 Å². The highest BCUT2D eigenvalue weighted by Crippen LogP contribution is 2.31. The van der Waals surface area contributed by atoms with E-state index in [1.165, 1.54) is 18.2 Å². The second-order valence-corrected chi connectivity index (χ2v) is 4.83. The molecule has 2 aromatic rings. The standard InChI is InChI=1S/C14H8ClF3N2O3/c15-11-3-1-2-10(12(11)20(22)23)13(21)19-9-6-4-8(5-7-9)14(16,17)18/h1-7H,(H,19,21). The number of carbonyl (C=O) groups is 1. The summed E-state index contributed by atoms with van der Waals surface area (Å²) in [6, 6.07) is 7.51. The van der Waals surface area contributed by atoms with E-state index in [0.29, 0.717) is 0 Å². The third-order valence-corrected chi connectivity index (χ3v) is 3.19. The first-order chi connectivity index (χ1) is 10.7. The summed E-state index contributed by atoms with van der Waals surface area (Å²) in [5.74, 6) is -0.848. The number of halogens is 4. The van der Waals surface area contributed by atoms with Crippen LogP contribution in [0.1, 0.15) is 15.9 Å². The van der Waals surface area contributed by atoms with Crippen molar-refractivity contribution in [1.82, 2.24) is 0 Å². The Morgan fingerprint density at radius 3 is 2.26 bits per heavy atom. The van der Waals surface area contributed by atoms with Crippen LogP contribution in [-0.2, 0) is 6.18 Å². The minimum Gasteiger partial charge on any atom is -0.322 e. The van der Waals surface area contributed by atoms with Crippen molar-refractivity contribution >= 4 is 28.9 Å². The van der Waals surface area contributed by atoms with Gasteiger partial charge in [0.05, 0.1) is 10.5 Å². The fourth-order valence-corrected chi connectivity index (χ4v) is 2.07. The number of benzene rings is 2. The Hall–Kier alpha value is -2.61. The molecule has 23 heavy (non-hydrogen) atoms. The zero-order valence-electron chi connectivity index (χ0n) is 11.2. The average molecular weight is 345 g/mol. The lowest BCUT2D eigenvalue weighted by Crippen LogP contribution is -2.14. The molecule has 0 atom stereocenters. The summed E-state index contributed by atoms with van der Waals surface area (Å²) in [4.78, 5) is 22.2. The molecule has 0 aliphatic carbocycles. The van der Waals surface area contributed by atoms with Gasteiger partial charge in [0.1, 0.15) is 10.6 Å². The fourth-order valence-electron chi connectivity index (χ4n) is 1.83. The highest BCUT2D eigenvalue weighted by molar-refractivity contribution is 6.33. The van der Waals surface area contributed by atoms with Gasteiger partial charge in [-0.15, -0.1) is 0 Å². The van der Waals surface area contributed by atoms with Crippen molar-refractivity contribution in [3.63, 3.8) is 0 Å². The van der Waals surface area contributed by atoms with Crippen LogP contribution in [0, 0.1) is 10.1 Å². The molecule has 120 valence electrons. The third kappa shape index (κ3) is 3.78. The summed E-state index contributed by atoms with van der Waals surface area (Å²) in [5.41, 5.74) is -1.66. The predicted molar refractivity (Wildman–Crippen MR) is 77.5 cm³/mol. The molecule has 1 amide bonds. The molecule has 0 fully saturated rings. The molecular weight excluding hydrogens is 337 g/mol. The van der Waals surface area contributed by atoms with Gasteiger partial charge in [-0.05, 0) is 36.4 Å². The van der Waals surface area contributed by atoms with Crippen LogP contribution in [-0.4, -0.2) is 10.8 Å². The van der Waals surface area contributed by atoms with Crippen LogP contribution in [0.2, 0.25) is 5.02 Å². The second-order valence-electron chi connectivity index (χ2n) is 4.42. The van der Waals surface area contributed by atoms with Gasteiger partial charge in [0.15, 0.2) is 0 Å². The predicted octanol–water partition coefficient (Wildman–Crippen LogP) is 4.52. The first kappa shape index (κ1) is 16.8. The summed E-state index contributed by atoms with van der Waals surface area (Å²) in [5, 5.41) is 13.0. The number of anilines is 1. The van der Waals surface area contributed by atoms with E-state index in [4.69, 9.17) is 11.6 Å². The number of rotatable bonds is 3. The molecule has 0 aliphatic rings. The van der Waals surface area contributed by atoms with Crippen molar-refractivity contribution in [2.24, 2.45) is 0 Å². The number of alkyl halides is 3. The van der Waals surface area contributed by atoms with E-state index in [1.807, 2.05) is 0 Å². The van der Waals surface area contributed by atoms with Crippen molar-refractivity contribution in [2.75, 3.05) is 5.32 Å². The lowest BCUT2D eigenvalue weighted by Gasteiger charge is -2.09. The zero-order chi connectivity index (χ0) is 17.2. The van der Waals surface area contributed by atoms with Gasteiger partial charge >= 0.3 is 11.9 Å². The van der Waals surface area contributed by atoms with Crippen LogP contribution in [0.4, 0.5) is 24.5 Å². The highest BCUT2D eigenvalue weighted by Gasteiger charge is 2.30. The minimum atomic E-state index is -4.49. The number of hydrogen-bond acceptors (Lipinski definition) is 3. The topological polar surface area (TPSA) is 72.2 Å². The molecule has 0 saturated heterocycles. The van der Waals surface area contributed by atoms with Gasteiger partial charge in [-0.2, -0.15) is 13.2 Å². The van der Waals surface area contributed by atoms with Crippen LogP contribution < -0.4 is 5.32 Å². The van der Waals surface area contributed by atoms with Gasteiger partial charge in [-0.1, -0.05) is 17.7 Å². The Bertz CT molecular complexity index is 761. The Balaban J connectivity index is 2.27. The summed E-state index contributed by atoms with van der Waals surface area (Å²) in [7, 11) is 0. The number of nitro groups is 1. The van der Waals surface area contributed by atoms with Crippen molar-refractivity contribution in [1.29, 1.82) is 0 Å². The van der Waals surface area contributed by atoms with Gasteiger partial charge in [-0.25, -0.2) is 0 Å². The van der Waals surface area contributed by atoms with Crippen LogP contribution in [0.15, 0.2) is 42.5 Å². The minimum absolute atomic E-state index is 0.0669. The van der Waals surface area contributed by atoms with Crippen LogP contribution in [0.3, 0.4) is 0 Å². The molecule has 0 heterocycles. The molecule has 9 heteroatoms. The lowest BCUT2D eigenvalue weighted by molar-refractivity contribution is -0.385. The normalized spacial score (nSPS) is 11.1. The molecule has 0 saturated carbocycles. The number of hydrogen-bond donors (Lipinski definition) is 1. The zero-order valence-corrected chi connectivity index (χ0v) is 12.0. The molecule has 0 bridgehead atoms. The van der Waals surface area contributed by atoms with E-state index in [1.54, 1.807) is 0 Å². The van der Waals surface area contributed by atoms with Crippen LogP contribution in [0.5, 0.6) is 0 Å². The van der Waals surface area contributed by atoms with Crippen molar-refractivity contribution in [3.05, 3.63) is 68.7 Å². The summed E-state index contributed by atoms with van der Waals surface area (Å²) in [6.45, 7) is 0. The summed E-state index contributed by atoms with van der Waals surface area (Å²) in [6.07, 6.45) is -4.49. The summed E-state index contributed by atoms with van der Waals surface area (Å²) >= 11 is 5.70. The molecule has 0 aromatic heterocycles. The van der Waals surface area contributed by atoms with E-state index in [2.05, 4.69) is 5.32 Å². The maximum atomic E-state index is 12.5. The van der Waals surface area contributed by atoms with E-state index in [-0.39, 0.29) is 16.3 Å². The lowest BCUT2D eigenvalue weighted by atomic mass is 10.1. The quantitative estimate of drug-likeness (QED) is 0.657. The number of nitro benzene ring substituents is 1.